The van der Waals surface area contributed by atoms with Crippen molar-refractivity contribution < 1.29 is 9.15 Å². The van der Waals surface area contributed by atoms with Gasteiger partial charge in [-0.25, -0.2) is 4.98 Å². The van der Waals surface area contributed by atoms with Gasteiger partial charge in [-0.2, -0.15) is 0 Å². The first-order valence-corrected chi connectivity index (χ1v) is 19.8. The minimum atomic E-state index is -0.121. The number of nitrogens with zero attached hydrogens (tertiary/aromatic N) is 4. The van der Waals surface area contributed by atoms with E-state index in [1.807, 2.05) is 30.5 Å². The second-order valence-electron chi connectivity index (χ2n) is 16.1. The van der Waals surface area contributed by atoms with E-state index in [2.05, 4.69) is 181 Å². The lowest BCUT2D eigenvalue weighted by Crippen LogP contribution is -2.24. The van der Waals surface area contributed by atoms with Gasteiger partial charge in [-0.1, -0.05) is 112 Å². The number of pyridine rings is 1. The van der Waals surface area contributed by atoms with Crippen LogP contribution >= 0.6 is 0 Å². The molecule has 1 aliphatic rings. The number of para-hydroxylation sites is 3. The number of ether oxygens (including phenoxy) is 1. The van der Waals surface area contributed by atoms with Gasteiger partial charge in [-0.05, 0) is 82.8 Å². The van der Waals surface area contributed by atoms with E-state index in [0.717, 1.165) is 78.1 Å². The number of anilines is 4. The zero-order valence-electron chi connectivity index (χ0n) is 32.6. The molecule has 0 atom stereocenters. The Morgan fingerprint density at radius 1 is 0.517 bits per heavy atom. The third-order valence-corrected chi connectivity index (χ3v) is 11.4. The highest BCUT2D eigenvalue weighted by atomic mass is 16.5. The SMILES string of the molecule is CC(C)(C)c1cc(Oc2ccc3c4ccccc4n(-c4cc5oc6ccccc6c5cn4)c3c2)cc(N2CN(c3ccccc3)c3cc(-c4ccccc4)ccc32)c1. The van der Waals surface area contributed by atoms with Crippen LogP contribution < -0.4 is 14.5 Å². The standard InChI is InChI=1S/C52H40N4O2/c1-52(2,3)36-27-38(55-33-54(37-16-8-5-9-17-37)48-26-35(22-25-46(48)55)34-14-6-4-7-15-34)29-40(28-36)57-39-23-24-42-41-18-10-12-20-45(41)56(47(42)30-39)51-31-50-44(32-53-51)43-19-11-13-21-49(43)58-50/h4-32H,33H2,1-3H3. The van der Waals surface area contributed by atoms with Crippen molar-refractivity contribution in [3.05, 3.63) is 182 Å². The van der Waals surface area contributed by atoms with Crippen molar-refractivity contribution in [3.63, 3.8) is 0 Å². The zero-order valence-corrected chi connectivity index (χ0v) is 32.6. The normalized spacial score (nSPS) is 12.9. The Hall–Kier alpha value is -7.31. The Bertz CT molecular complexity index is 3180. The van der Waals surface area contributed by atoms with Crippen LogP contribution in [0.3, 0.4) is 0 Å². The van der Waals surface area contributed by atoms with E-state index in [-0.39, 0.29) is 5.41 Å². The number of hydrogen-bond acceptors (Lipinski definition) is 5. The summed E-state index contributed by atoms with van der Waals surface area (Å²) in [5.41, 5.74) is 11.8. The Morgan fingerprint density at radius 3 is 2.07 bits per heavy atom. The van der Waals surface area contributed by atoms with Crippen molar-refractivity contribution in [1.82, 2.24) is 9.55 Å². The third kappa shape index (κ3) is 5.67. The van der Waals surface area contributed by atoms with Crippen LogP contribution in [0.4, 0.5) is 22.7 Å². The van der Waals surface area contributed by atoms with Crippen LogP contribution in [0, 0.1) is 0 Å². The van der Waals surface area contributed by atoms with Crippen LogP contribution in [0.1, 0.15) is 26.3 Å². The lowest BCUT2D eigenvalue weighted by Gasteiger charge is -2.26. The number of hydrogen-bond donors (Lipinski definition) is 0. The zero-order chi connectivity index (χ0) is 39.0. The molecule has 3 aromatic heterocycles. The molecular weight excluding hydrogens is 713 g/mol. The molecule has 0 fully saturated rings. The molecule has 0 saturated carbocycles. The molecule has 0 aliphatic carbocycles. The van der Waals surface area contributed by atoms with Crippen molar-refractivity contribution in [1.29, 1.82) is 0 Å². The maximum absolute atomic E-state index is 6.90. The smallest absolute Gasteiger partial charge is 0.141 e. The summed E-state index contributed by atoms with van der Waals surface area (Å²) in [7, 11) is 0. The van der Waals surface area contributed by atoms with Crippen LogP contribution in [-0.2, 0) is 5.41 Å². The number of furan rings is 1. The van der Waals surface area contributed by atoms with Gasteiger partial charge in [0.15, 0.2) is 0 Å². The Balaban J connectivity index is 1.01. The van der Waals surface area contributed by atoms with Gasteiger partial charge < -0.3 is 19.0 Å². The highest BCUT2D eigenvalue weighted by Crippen LogP contribution is 2.48. The lowest BCUT2D eigenvalue weighted by molar-refractivity contribution is 0.479. The molecule has 4 heterocycles. The van der Waals surface area contributed by atoms with E-state index in [9.17, 15) is 0 Å². The van der Waals surface area contributed by atoms with Crippen LogP contribution in [0.25, 0.3) is 60.7 Å². The minimum Gasteiger partial charge on any atom is -0.457 e. The minimum absolute atomic E-state index is 0.121. The van der Waals surface area contributed by atoms with E-state index >= 15 is 0 Å². The maximum Gasteiger partial charge on any atom is 0.141 e. The predicted octanol–water partition coefficient (Wildman–Crippen LogP) is 14.1. The molecule has 58 heavy (non-hydrogen) atoms. The van der Waals surface area contributed by atoms with Gasteiger partial charge in [0.2, 0.25) is 0 Å². The molecule has 280 valence electrons. The third-order valence-electron chi connectivity index (χ3n) is 11.4. The Labute approximate surface area is 336 Å². The van der Waals surface area contributed by atoms with E-state index in [4.69, 9.17) is 14.1 Å². The average molecular weight is 753 g/mol. The topological polar surface area (TPSA) is 46.7 Å². The van der Waals surface area contributed by atoms with E-state index in [1.54, 1.807) is 0 Å². The van der Waals surface area contributed by atoms with Crippen molar-refractivity contribution >= 4 is 66.5 Å². The molecule has 1 aliphatic heterocycles. The first kappa shape index (κ1) is 34.0. The van der Waals surface area contributed by atoms with Crippen molar-refractivity contribution in [2.45, 2.75) is 26.2 Å². The quantitative estimate of drug-likeness (QED) is 0.169. The number of fused-ring (bicyclic) bond motifs is 7. The number of rotatable bonds is 6. The molecule has 0 N–H and O–H groups in total. The second kappa shape index (κ2) is 13.1. The van der Waals surface area contributed by atoms with Gasteiger partial charge >= 0.3 is 0 Å². The summed E-state index contributed by atoms with van der Waals surface area (Å²) < 4.78 is 15.4. The summed E-state index contributed by atoms with van der Waals surface area (Å²) >= 11 is 0. The fraction of sp³-hybridized carbons (Fsp3) is 0.0962. The van der Waals surface area contributed by atoms with Crippen molar-refractivity contribution in [2.24, 2.45) is 0 Å². The van der Waals surface area contributed by atoms with Gasteiger partial charge in [0.25, 0.3) is 0 Å². The monoisotopic (exact) mass is 752 g/mol. The summed E-state index contributed by atoms with van der Waals surface area (Å²) in [6, 6.07) is 59.7. The molecule has 0 saturated heterocycles. The summed E-state index contributed by atoms with van der Waals surface area (Å²) in [5, 5.41) is 4.35. The maximum atomic E-state index is 6.90. The van der Waals surface area contributed by atoms with Crippen LogP contribution in [0.2, 0.25) is 0 Å². The molecule has 11 rings (SSSR count). The predicted molar refractivity (Wildman–Crippen MR) is 239 cm³/mol. The highest BCUT2D eigenvalue weighted by molar-refractivity contribution is 6.10. The van der Waals surface area contributed by atoms with Gasteiger partial charge in [0.05, 0.1) is 22.4 Å². The van der Waals surface area contributed by atoms with Gasteiger partial charge in [-0.3, -0.25) is 4.57 Å². The van der Waals surface area contributed by atoms with Crippen LogP contribution in [0.15, 0.2) is 180 Å². The molecular formula is C52H40N4O2. The van der Waals surface area contributed by atoms with Crippen molar-refractivity contribution in [2.75, 3.05) is 16.5 Å². The lowest BCUT2D eigenvalue weighted by atomic mass is 9.86. The van der Waals surface area contributed by atoms with E-state index in [1.165, 1.54) is 22.4 Å². The van der Waals surface area contributed by atoms with Gasteiger partial charge in [-0.15, -0.1) is 0 Å². The second-order valence-corrected chi connectivity index (χ2v) is 16.1. The van der Waals surface area contributed by atoms with E-state index < -0.39 is 0 Å². The fourth-order valence-electron chi connectivity index (χ4n) is 8.48. The Kier molecular flexibility index (Phi) is 7.70. The molecule has 0 spiro atoms. The summed E-state index contributed by atoms with van der Waals surface area (Å²) in [5.74, 6) is 2.32. The Morgan fingerprint density at radius 2 is 1.24 bits per heavy atom. The van der Waals surface area contributed by atoms with Crippen LogP contribution in [-0.4, -0.2) is 16.2 Å². The van der Waals surface area contributed by atoms with Gasteiger partial charge in [0.1, 0.15) is 35.2 Å². The molecule has 0 unspecified atom stereocenters. The molecule has 10 aromatic rings. The van der Waals surface area contributed by atoms with E-state index in [0.29, 0.717) is 6.67 Å². The molecule has 6 nitrogen and oxygen atoms in total. The first-order valence-electron chi connectivity index (χ1n) is 19.8. The number of benzene rings is 7. The number of aromatic nitrogens is 2. The van der Waals surface area contributed by atoms with Crippen LogP contribution in [0.5, 0.6) is 11.5 Å². The summed E-state index contributed by atoms with van der Waals surface area (Å²) in [4.78, 5) is 9.80. The molecule has 6 heteroatoms. The molecule has 0 bridgehead atoms. The highest BCUT2D eigenvalue weighted by Gasteiger charge is 2.30. The first-order chi connectivity index (χ1) is 28.4. The fourth-order valence-corrected chi connectivity index (χ4v) is 8.48. The largest absolute Gasteiger partial charge is 0.457 e. The van der Waals surface area contributed by atoms with Crippen molar-refractivity contribution in [3.8, 4) is 28.4 Å². The van der Waals surface area contributed by atoms with Gasteiger partial charge in [0, 0.05) is 57.3 Å². The molecule has 7 aromatic carbocycles. The summed E-state index contributed by atoms with van der Waals surface area (Å²) in [6.45, 7) is 7.44. The average Bonchev–Trinajstić information content (AvgIpc) is 3.93. The molecule has 0 radical (unpaired) electrons. The summed E-state index contributed by atoms with van der Waals surface area (Å²) in [6.07, 6.45) is 1.93. The molecule has 0 amide bonds.